The van der Waals surface area contributed by atoms with Crippen LogP contribution in [0.1, 0.15) is 24.8 Å². The van der Waals surface area contributed by atoms with Crippen LogP contribution in [0.15, 0.2) is 29.3 Å². The fraction of sp³-hybridized carbons (Fsp3) is 0.500. The van der Waals surface area contributed by atoms with Crippen LogP contribution in [0.2, 0.25) is 5.02 Å². The largest absolute Gasteiger partial charge is 0.370 e. The lowest BCUT2D eigenvalue weighted by molar-refractivity contribution is 0.253. The standard InChI is InChI=1S/C14H20ClN3/c1-18(2)13(16)17-10-14(8-5-9-14)11-6-3-4-7-12(11)15/h3-4,6-7H,5,8-10H2,1-2H3,(H2,16,17). The first-order valence-electron chi connectivity index (χ1n) is 6.27. The number of benzene rings is 1. The average molecular weight is 266 g/mol. The minimum absolute atomic E-state index is 0.0962. The molecule has 2 rings (SSSR count). The van der Waals surface area contributed by atoms with Gasteiger partial charge in [0, 0.05) is 24.5 Å². The van der Waals surface area contributed by atoms with E-state index in [9.17, 15) is 0 Å². The van der Waals surface area contributed by atoms with Crippen molar-refractivity contribution in [2.45, 2.75) is 24.7 Å². The van der Waals surface area contributed by atoms with E-state index in [4.69, 9.17) is 17.3 Å². The number of hydrogen-bond acceptors (Lipinski definition) is 1. The van der Waals surface area contributed by atoms with Crippen molar-refractivity contribution in [3.8, 4) is 0 Å². The summed E-state index contributed by atoms with van der Waals surface area (Å²) in [5.41, 5.74) is 7.17. The lowest BCUT2D eigenvalue weighted by atomic mass is 9.64. The lowest BCUT2D eigenvalue weighted by Gasteiger charge is -2.42. The summed E-state index contributed by atoms with van der Waals surface area (Å²) < 4.78 is 0. The molecule has 0 aliphatic heterocycles. The molecule has 0 unspecified atom stereocenters. The summed E-state index contributed by atoms with van der Waals surface area (Å²) in [4.78, 5) is 6.33. The van der Waals surface area contributed by atoms with E-state index in [1.54, 1.807) is 0 Å². The number of rotatable bonds is 3. The van der Waals surface area contributed by atoms with Crippen LogP contribution in [-0.2, 0) is 5.41 Å². The highest BCUT2D eigenvalue weighted by Gasteiger charge is 2.39. The first-order valence-corrected chi connectivity index (χ1v) is 6.65. The molecule has 0 atom stereocenters. The lowest BCUT2D eigenvalue weighted by Crippen LogP contribution is -2.39. The molecular formula is C14H20ClN3. The molecule has 2 N–H and O–H groups in total. The Hall–Kier alpha value is -1.22. The maximum Gasteiger partial charge on any atom is 0.190 e. The first-order chi connectivity index (χ1) is 8.55. The van der Waals surface area contributed by atoms with Crippen molar-refractivity contribution < 1.29 is 0 Å². The molecule has 1 aromatic rings. The van der Waals surface area contributed by atoms with Crippen LogP contribution < -0.4 is 5.73 Å². The van der Waals surface area contributed by atoms with Crippen LogP contribution in [0.5, 0.6) is 0 Å². The zero-order valence-electron chi connectivity index (χ0n) is 11.0. The number of halogens is 1. The highest BCUT2D eigenvalue weighted by molar-refractivity contribution is 6.31. The fourth-order valence-corrected chi connectivity index (χ4v) is 2.72. The maximum atomic E-state index is 6.31. The second kappa shape index (κ2) is 5.19. The van der Waals surface area contributed by atoms with Crippen LogP contribution in [0, 0.1) is 0 Å². The van der Waals surface area contributed by atoms with E-state index in [0.29, 0.717) is 5.96 Å². The minimum Gasteiger partial charge on any atom is -0.370 e. The Labute approximate surface area is 114 Å². The molecule has 0 aromatic heterocycles. The maximum absolute atomic E-state index is 6.31. The molecule has 1 aromatic carbocycles. The molecule has 1 fully saturated rings. The van der Waals surface area contributed by atoms with Gasteiger partial charge in [-0.15, -0.1) is 0 Å². The van der Waals surface area contributed by atoms with Crippen molar-refractivity contribution in [1.82, 2.24) is 4.90 Å². The predicted octanol–water partition coefficient (Wildman–Crippen LogP) is 2.64. The molecular weight excluding hydrogens is 246 g/mol. The van der Waals surface area contributed by atoms with E-state index in [-0.39, 0.29) is 5.41 Å². The van der Waals surface area contributed by atoms with Gasteiger partial charge in [0.1, 0.15) is 0 Å². The van der Waals surface area contributed by atoms with Gasteiger partial charge >= 0.3 is 0 Å². The zero-order valence-corrected chi connectivity index (χ0v) is 11.7. The number of aliphatic imine (C=N–C) groups is 1. The number of guanidine groups is 1. The summed E-state index contributed by atoms with van der Waals surface area (Å²) in [7, 11) is 3.81. The van der Waals surface area contributed by atoms with Crippen LogP contribution in [-0.4, -0.2) is 31.5 Å². The van der Waals surface area contributed by atoms with Gasteiger partial charge in [0.05, 0.1) is 6.54 Å². The monoisotopic (exact) mass is 265 g/mol. The third-order valence-electron chi connectivity index (χ3n) is 3.76. The molecule has 4 heteroatoms. The van der Waals surface area contributed by atoms with Crippen LogP contribution >= 0.6 is 11.6 Å². The smallest absolute Gasteiger partial charge is 0.190 e. The van der Waals surface area contributed by atoms with E-state index in [1.807, 2.05) is 37.2 Å². The Bertz CT molecular complexity index is 450. The average Bonchev–Trinajstić information content (AvgIpc) is 2.29. The number of hydrogen-bond donors (Lipinski definition) is 1. The SMILES string of the molecule is CN(C)C(N)=NCC1(c2ccccc2Cl)CCC1. The van der Waals surface area contributed by atoms with Gasteiger partial charge in [-0.3, -0.25) is 4.99 Å². The van der Waals surface area contributed by atoms with E-state index >= 15 is 0 Å². The molecule has 18 heavy (non-hydrogen) atoms. The molecule has 0 bridgehead atoms. The van der Waals surface area contributed by atoms with Gasteiger partial charge in [0.15, 0.2) is 5.96 Å². The molecule has 1 aliphatic rings. The number of nitrogens with zero attached hydrogens (tertiary/aromatic N) is 2. The molecule has 1 aliphatic carbocycles. The van der Waals surface area contributed by atoms with Gasteiger partial charge in [-0.25, -0.2) is 0 Å². The van der Waals surface area contributed by atoms with E-state index < -0.39 is 0 Å². The second-order valence-electron chi connectivity index (χ2n) is 5.18. The summed E-state index contributed by atoms with van der Waals surface area (Å²) in [6.45, 7) is 0.723. The van der Waals surface area contributed by atoms with Gasteiger partial charge in [-0.2, -0.15) is 0 Å². The molecule has 1 saturated carbocycles. The summed E-state index contributed by atoms with van der Waals surface area (Å²) >= 11 is 6.31. The zero-order chi connectivity index (χ0) is 13.2. The Morgan fingerprint density at radius 3 is 2.56 bits per heavy atom. The third-order valence-corrected chi connectivity index (χ3v) is 4.09. The highest BCUT2D eigenvalue weighted by atomic mass is 35.5. The summed E-state index contributed by atoms with van der Waals surface area (Å²) in [6.07, 6.45) is 3.52. The predicted molar refractivity (Wildman–Crippen MR) is 77.2 cm³/mol. The number of nitrogens with two attached hydrogens (primary N) is 1. The van der Waals surface area contributed by atoms with Gasteiger partial charge in [-0.05, 0) is 24.5 Å². The van der Waals surface area contributed by atoms with E-state index in [1.165, 1.54) is 12.0 Å². The molecule has 0 saturated heterocycles. The van der Waals surface area contributed by atoms with E-state index in [0.717, 1.165) is 24.4 Å². The normalized spacial score (nSPS) is 18.3. The summed E-state index contributed by atoms with van der Waals surface area (Å²) in [5.74, 6) is 0.577. The van der Waals surface area contributed by atoms with Gasteiger partial charge in [0.2, 0.25) is 0 Å². The first kappa shape index (κ1) is 13.2. The molecule has 0 radical (unpaired) electrons. The van der Waals surface area contributed by atoms with Crippen molar-refractivity contribution in [3.63, 3.8) is 0 Å². The van der Waals surface area contributed by atoms with Crippen LogP contribution in [0.25, 0.3) is 0 Å². The van der Waals surface area contributed by atoms with Crippen molar-refractivity contribution in [2.24, 2.45) is 10.7 Å². The van der Waals surface area contributed by atoms with E-state index in [2.05, 4.69) is 11.1 Å². The topological polar surface area (TPSA) is 41.6 Å². The van der Waals surface area contributed by atoms with Crippen molar-refractivity contribution in [1.29, 1.82) is 0 Å². The third kappa shape index (κ3) is 2.46. The van der Waals surface area contributed by atoms with Crippen LogP contribution in [0.3, 0.4) is 0 Å². The quantitative estimate of drug-likeness (QED) is 0.674. The Morgan fingerprint density at radius 2 is 2.06 bits per heavy atom. The van der Waals surface area contributed by atoms with Gasteiger partial charge in [-0.1, -0.05) is 36.2 Å². The van der Waals surface area contributed by atoms with Gasteiger partial charge < -0.3 is 10.6 Å². The molecule has 3 nitrogen and oxygen atoms in total. The fourth-order valence-electron chi connectivity index (χ4n) is 2.38. The van der Waals surface area contributed by atoms with Crippen molar-refractivity contribution in [2.75, 3.05) is 20.6 Å². The Morgan fingerprint density at radius 1 is 1.39 bits per heavy atom. The summed E-state index contributed by atoms with van der Waals surface area (Å²) in [5, 5.41) is 0.843. The second-order valence-corrected chi connectivity index (χ2v) is 5.59. The Balaban J connectivity index is 2.22. The molecule has 0 spiro atoms. The minimum atomic E-state index is 0.0962. The van der Waals surface area contributed by atoms with Gasteiger partial charge in [0.25, 0.3) is 0 Å². The van der Waals surface area contributed by atoms with Crippen molar-refractivity contribution >= 4 is 17.6 Å². The highest BCUT2D eigenvalue weighted by Crippen LogP contribution is 2.46. The molecule has 0 heterocycles. The summed E-state index contributed by atoms with van der Waals surface area (Å²) in [6, 6.07) is 8.08. The van der Waals surface area contributed by atoms with Crippen LogP contribution in [0.4, 0.5) is 0 Å². The van der Waals surface area contributed by atoms with Crippen molar-refractivity contribution in [3.05, 3.63) is 34.9 Å². The molecule has 98 valence electrons. The molecule has 0 amide bonds. The Kier molecular flexibility index (Phi) is 3.81.